The summed E-state index contributed by atoms with van der Waals surface area (Å²) in [6.45, 7) is 0. The van der Waals surface area contributed by atoms with E-state index in [1.54, 1.807) is 12.5 Å². The Morgan fingerprint density at radius 1 is 1.33 bits per heavy atom. The van der Waals surface area contributed by atoms with E-state index in [2.05, 4.69) is 0 Å². The Morgan fingerprint density at radius 2 is 2.13 bits per heavy atom. The van der Waals surface area contributed by atoms with Crippen molar-refractivity contribution >= 4 is 0 Å². The van der Waals surface area contributed by atoms with Crippen molar-refractivity contribution in [2.45, 2.75) is 51.0 Å². The molecule has 0 saturated heterocycles. The highest BCUT2D eigenvalue weighted by Crippen LogP contribution is 2.30. The number of hydrogen-bond donors (Lipinski definition) is 1. The quantitative estimate of drug-likeness (QED) is 0.819. The van der Waals surface area contributed by atoms with Crippen molar-refractivity contribution < 1.29 is 9.52 Å². The molecule has 1 N–H and O–H groups in total. The predicted molar refractivity (Wildman–Crippen MR) is 59.5 cm³/mol. The molecule has 1 fully saturated rings. The lowest BCUT2D eigenvalue weighted by Gasteiger charge is -2.22. The lowest BCUT2D eigenvalue weighted by molar-refractivity contribution is 0.150. The van der Waals surface area contributed by atoms with E-state index in [-0.39, 0.29) is 6.10 Å². The topological polar surface area (TPSA) is 33.4 Å². The van der Waals surface area contributed by atoms with Gasteiger partial charge in [0.25, 0.3) is 0 Å². The van der Waals surface area contributed by atoms with Gasteiger partial charge in [0.05, 0.1) is 18.6 Å². The molecule has 1 saturated carbocycles. The van der Waals surface area contributed by atoms with E-state index in [9.17, 15) is 5.11 Å². The Balaban J connectivity index is 1.73. The first-order valence-electron chi connectivity index (χ1n) is 6.06. The first-order chi connectivity index (χ1) is 7.36. The van der Waals surface area contributed by atoms with Crippen molar-refractivity contribution in [3.8, 4) is 0 Å². The number of rotatable bonds is 4. The van der Waals surface area contributed by atoms with E-state index in [1.165, 1.54) is 32.1 Å². The van der Waals surface area contributed by atoms with E-state index in [0.29, 0.717) is 0 Å². The first-order valence-corrected chi connectivity index (χ1v) is 6.06. The van der Waals surface area contributed by atoms with Crippen LogP contribution in [0, 0.1) is 5.92 Å². The fourth-order valence-corrected chi connectivity index (χ4v) is 2.50. The van der Waals surface area contributed by atoms with Crippen molar-refractivity contribution in [3.63, 3.8) is 0 Å². The van der Waals surface area contributed by atoms with Crippen molar-refractivity contribution in [3.05, 3.63) is 24.2 Å². The average Bonchev–Trinajstić information content (AvgIpc) is 2.81. The minimum Gasteiger partial charge on any atom is -0.472 e. The van der Waals surface area contributed by atoms with Gasteiger partial charge in [0.15, 0.2) is 0 Å². The van der Waals surface area contributed by atoms with Gasteiger partial charge in [-0.1, -0.05) is 32.1 Å². The maximum atomic E-state index is 9.88. The van der Waals surface area contributed by atoms with E-state index in [1.807, 2.05) is 6.07 Å². The molecule has 15 heavy (non-hydrogen) atoms. The molecule has 1 unspecified atom stereocenters. The second-order valence-electron chi connectivity index (χ2n) is 4.65. The molecule has 1 aromatic rings. The summed E-state index contributed by atoms with van der Waals surface area (Å²) in [4.78, 5) is 0. The molecule has 2 nitrogen and oxygen atoms in total. The van der Waals surface area contributed by atoms with Gasteiger partial charge < -0.3 is 9.52 Å². The van der Waals surface area contributed by atoms with E-state index >= 15 is 0 Å². The number of hydrogen-bond acceptors (Lipinski definition) is 2. The molecule has 1 aliphatic rings. The SMILES string of the molecule is OC(CCC1CCCCC1)c1ccoc1. The fourth-order valence-electron chi connectivity index (χ4n) is 2.50. The van der Waals surface area contributed by atoms with Crippen LogP contribution in [0.3, 0.4) is 0 Å². The number of furan rings is 1. The molecule has 1 atom stereocenters. The third kappa shape index (κ3) is 3.10. The first kappa shape index (κ1) is 10.7. The monoisotopic (exact) mass is 208 g/mol. The summed E-state index contributed by atoms with van der Waals surface area (Å²) in [6, 6.07) is 1.85. The van der Waals surface area contributed by atoms with Crippen molar-refractivity contribution in [1.82, 2.24) is 0 Å². The summed E-state index contributed by atoms with van der Waals surface area (Å²) in [7, 11) is 0. The summed E-state index contributed by atoms with van der Waals surface area (Å²) in [6.07, 6.45) is 11.9. The van der Waals surface area contributed by atoms with E-state index < -0.39 is 0 Å². The third-order valence-corrected chi connectivity index (χ3v) is 3.50. The predicted octanol–water partition coefficient (Wildman–Crippen LogP) is 3.67. The molecule has 84 valence electrons. The van der Waals surface area contributed by atoms with Gasteiger partial charge in [-0.25, -0.2) is 0 Å². The highest BCUT2D eigenvalue weighted by Gasteiger charge is 2.16. The normalized spacial score (nSPS) is 20.3. The minimum atomic E-state index is -0.328. The fraction of sp³-hybridized carbons (Fsp3) is 0.692. The van der Waals surface area contributed by atoms with Crippen LogP contribution < -0.4 is 0 Å². The highest BCUT2D eigenvalue weighted by molar-refractivity contribution is 5.08. The van der Waals surface area contributed by atoms with Crippen LogP contribution in [-0.2, 0) is 0 Å². The molecule has 1 aliphatic carbocycles. The summed E-state index contributed by atoms with van der Waals surface area (Å²) < 4.78 is 4.97. The van der Waals surface area contributed by atoms with Gasteiger partial charge in [0.2, 0.25) is 0 Å². The zero-order valence-electron chi connectivity index (χ0n) is 9.19. The molecule has 0 aromatic carbocycles. The molecule has 2 heteroatoms. The molecule has 0 radical (unpaired) electrons. The van der Waals surface area contributed by atoms with Gasteiger partial charge >= 0.3 is 0 Å². The van der Waals surface area contributed by atoms with Gasteiger partial charge in [-0.2, -0.15) is 0 Å². The summed E-state index contributed by atoms with van der Waals surface area (Å²) in [5.41, 5.74) is 0.922. The second-order valence-corrected chi connectivity index (χ2v) is 4.65. The van der Waals surface area contributed by atoms with Crippen LogP contribution in [0.2, 0.25) is 0 Å². The van der Waals surface area contributed by atoms with Crippen LogP contribution in [0.15, 0.2) is 23.0 Å². The molecule has 1 aromatic heterocycles. The van der Waals surface area contributed by atoms with Crippen LogP contribution in [0.5, 0.6) is 0 Å². The van der Waals surface area contributed by atoms with Crippen molar-refractivity contribution in [2.75, 3.05) is 0 Å². The maximum absolute atomic E-state index is 9.88. The Bertz CT molecular complexity index is 260. The zero-order valence-corrected chi connectivity index (χ0v) is 9.19. The third-order valence-electron chi connectivity index (χ3n) is 3.50. The molecule has 1 heterocycles. The molecular weight excluding hydrogens is 188 g/mol. The van der Waals surface area contributed by atoms with Crippen LogP contribution in [0.1, 0.15) is 56.6 Å². The average molecular weight is 208 g/mol. The minimum absolute atomic E-state index is 0.328. The lowest BCUT2D eigenvalue weighted by Crippen LogP contribution is -2.08. The van der Waals surface area contributed by atoms with Gasteiger partial charge in [0, 0.05) is 5.56 Å². The Hall–Kier alpha value is -0.760. The molecule has 0 spiro atoms. The van der Waals surface area contributed by atoms with Crippen molar-refractivity contribution in [1.29, 1.82) is 0 Å². The van der Waals surface area contributed by atoms with E-state index in [4.69, 9.17) is 4.42 Å². The zero-order chi connectivity index (χ0) is 10.5. The number of aliphatic hydroxyl groups excluding tert-OH is 1. The van der Waals surface area contributed by atoms with Crippen LogP contribution in [-0.4, -0.2) is 5.11 Å². The molecule has 0 aliphatic heterocycles. The maximum Gasteiger partial charge on any atom is 0.0960 e. The number of aliphatic hydroxyl groups is 1. The largest absolute Gasteiger partial charge is 0.472 e. The second kappa shape index (κ2) is 5.36. The lowest BCUT2D eigenvalue weighted by atomic mass is 9.85. The van der Waals surface area contributed by atoms with Crippen molar-refractivity contribution in [2.24, 2.45) is 5.92 Å². The smallest absolute Gasteiger partial charge is 0.0960 e. The summed E-state index contributed by atoms with van der Waals surface area (Å²) in [5, 5.41) is 9.88. The van der Waals surface area contributed by atoms with Gasteiger partial charge in [-0.3, -0.25) is 0 Å². The van der Waals surface area contributed by atoms with Gasteiger partial charge in [-0.15, -0.1) is 0 Å². The standard InChI is InChI=1S/C13H20O2/c14-13(12-8-9-15-10-12)7-6-11-4-2-1-3-5-11/h8-11,13-14H,1-7H2. The summed E-state index contributed by atoms with van der Waals surface area (Å²) in [5.74, 6) is 0.848. The highest BCUT2D eigenvalue weighted by atomic mass is 16.3. The Morgan fingerprint density at radius 3 is 2.80 bits per heavy atom. The van der Waals surface area contributed by atoms with Gasteiger partial charge in [-0.05, 0) is 24.8 Å². The molecule has 2 rings (SSSR count). The van der Waals surface area contributed by atoms with Crippen LogP contribution in [0.25, 0.3) is 0 Å². The molecule has 0 bridgehead atoms. The summed E-state index contributed by atoms with van der Waals surface area (Å²) >= 11 is 0. The van der Waals surface area contributed by atoms with Crippen LogP contribution in [0.4, 0.5) is 0 Å². The van der Waals surface area contributed by atoms with E-state index in [0.717, 1.165) is 24.3 Å². The Kier molecular flexibility index (Phi) is 3.84. The van der Waals surface area contributed by atoms with Gasteiger partial charge in [0.1, 0.15) is 0 Å². The molecule has 0 amide bonds. The molecular formula is C13H20O2. The van der Waals surface area contributed by atoms with Crippen LogP contribution >= 0.6 is 0 Å². The Labute approximate surface area is 91.3 Å².